The van der Waals surface area contributed by atoms with Crippen molar-refractivity contribution in [3.05, 3.63) is 0 Å². The highest BCUT2D eigenvalue weighted by atomic mass is 32.2. The lowest BCUT2D eigenvalue weighted by Crippen LogP contribution is -2.56. The Morgan fingerprint density at radius 2 is 1.75 bits per heavy atom. The van der Waals surface area contributed by atoms with Gasteiger partial charge in [0, 0.05) is 44.4 Å². The van der Waals surface area contributed by atoms with E-state index >= 15 is 0 Å². The molecule has 4 amide bonds. The Kier molecular flexibility index (Phi) is 13.4. The van der Waals surface area contributed by atoms with Gasteiger partial charge in [0.1, 0.15) is 4.75 Å². The van der Waals surface area contributed by atoms with Crippen molar-refractivity contribution in [3.8, 4) is 0 Å². The number of fused-ring (bicyclic) bond motifs is 1. The minimum absolute atomic E-state index is 0.0103. The third kappa shape index (κ3) is 10.1. The minimum Gasteiger partial charge on any atom is -0.481 e. The topological polar surface area (TPSA) is 172 Å². The van der Waals surface area contributed by atoms with E-state index in [2.05, 4.69) is 21.3 Å². The molecular weight excluding hydrogens is 512 g/mol. The van der Waals surface area contributed by atoms with Crippen molar-refractivity contribution >= 4 is 52.5 Å². The third-order valence-corrected chi connectivity index (χ3v) is 8.21. The number of urea groups is 1. The largest absolute Gasteiger partial charge is 0.481 e. The van der Waals surface area contributed by atoms with Crippen molar-refractivity contribution < 1.29 is 38.6 Å². The quantitative estimate of drug-likeness (QED) is 0.117. The number of rotatable bonds is 18. The Balaban J connectivity index is 1.59. The highest BCUT2D eigenvalue weighted by Crippen LogP contribution is 2.44. The zero-order valence-corrected chi connectivity index (χ0v) is 22.1. The maximum atomic E-state index is 13.1. The Hall–Kier alpha value is -2.03. The summed E-state index contributed by atoms with van der Waals surface area (Å²) in [5, 5.41) is 20.2. The van der Waals surface area contributed by atoms with E-state index in [0.29, 0.717) is 63.7 Å². The molecule has 2 rings (SSSR count). The molecule has 0 unspecified atom stereocenters. The van der Waals surface area contributed by atoms with E-state index < -0.39 is 10.7 Å². The molecule has 0 saturated carbocycles. The summed E-state index contributed by atoms with van der Waals surface area (Å²) in [6.07, 6.45) is 1.84. The highest BCUT2D eigenvalue weighted by molar-refractivity contribution is 8.13. The van der Waals surface area contributed by atoms with Gasteiger partial charge in [-0.3, -0.25) is 19.2 Å². The van der Waals surface area contributed by atoms with Crippen LogP contribution in [0, 0.1) is 0 Å². The van der Waals surface area contributed by atoms with Gasteiger partial charge < -0.3 is 35.8 Å². The number of hydrogen-bond acceptors (Lipinski definition) is 9. The summed E-state index contributed by atoms with van der Waals surface area (Å²) >= 11 is 2.61. The Morgan fingerprint density at radius 1 is 1.06 bits per heavy atom. The van der Waals surface area contributed by atoms with Gasteiger partial charge in [-0.1, -0.05) is 18.2 Å². The van der Waals surface area contributed by atoms with Crippen molar-refractivity contribution in [2.45, 2.75) is 55.9 Å². The van der Waals surface area contributed by atoms with Gasteiger partial charge in [0.25, 0.3) is 0 Å². The summed E-state index contributed by atoms with van der Waals surface area (Å²) < 4.78 is 10.1. The van der Waals surface area contributed by atoms with Crippen LogP contribution in [0.25, 0.3) is 0 Å². The van der Waals surface area contributed by atoms with E-state index in [1.165, 1.54) is 18.7 Å². The van der Waals surface area contributed by atoms with Gasteiger partial charge in [-0.05, 0) is 12.8 Å². The second kappa shape index (κ2) is 15.9. The van der Waals surface area contributed by atoms with Crippen LogP contribution in [0.4, 0.5) is 4.79 Å². The molecule has 204 valence electrons. The van der Waals surface area contributed by atoms with Crippen LogP contribution in [0.1, 0.15) is 39.0 Å². The Morgan fingerprint density at radius 3 is 2.42 bits per heavy atom. The van der Waals surface area contributed by atoms with Crippen LogP contribution in [0.3, 0.4) is 0 Å². The zero-order chi connectivity index (χ0) is 26.4. The normalized spacial score (nSPS) is 22.4. The van der Waals surface area contributed by atoms with Crippen LogP contribution in [-0.4, -0.2) is 102 Å². The van der Waals surface area contributed by atoms with Crippen LogP contribution >= 0.6 is 23.5 Å². The maximum absolute atomic E-state index is 13.1. The first-order chi connectivity index (χ1) is 17.2. The third-order valence-electron chi connectivity index (χ3n) is 5.71. The predicted molar refractivity (Wildman–Crippen MR) is 136 cm³/mol. The molecule has 2 aliphatic rings. The molecule has 0 radical (unpaired) electrons. The monoisotopic (exact) mass is 548 g/mol. The van der Waals surface area contributed by atoms with Gasteiger partial charge in [-0.15, -0.1) is 11.8 Å². The van der Waals surface area contributed by atoms with E-state index in [1.54, 1.807) is 0 Å². The van der Waals surface area contributed by atoms with Crippen LogP contribution in [0.5, 0.6) is 0 Å². The van der Waals surface area contributed by atoms with Crippen LogP contribution < -0.4 is 21.3 Å². The first-order valence-corrected chi connectivity index (χ1v) is 14.0. The molecular formula is C22H36N4O8S2. The lowest BCUT2D eigenvalue weighted by atomic mass is 9.88. The molecule has 0 spiro atoms. The summed E-state index contributed by atoms with van der Waals surface area (Å²) in [6.45, 7) is 3.44. The van der Waals surface area contributed by atoms with Gasteiger partial charge in [0.05, 0.1) is 38.5 Å². The Bertz CT molecular complexity index is 787. The van der Waals surface area contributed by atoms with Gasteiger partial charge in [-0.25, -0.2) is 4.79 Å². The SMILES string of the molecule is CC(=O)SCCC(=O)NCCOCCOCCNC(=O)[C@@]1(CCCCC(=O)O)SC[C@@H]2NC(=O)N[C@@H]21. The van der Waals surface area contributed by atoms with Crippen molar-refractivity contribution in [2.24, 2.45) is 0 Å². The zero-order valence-electron chi connectivity index (χ0n) is 20.5. The van der Waals surface area contributed by atoms with E-state index in [0.717, 1.165) is 11.8 Å². The summed E-state index contributed by atoms with van der Waals surface area (Å²) in [7, 11) is 0. The summed E-state index contributed by atoms with van der Waals surface area (Å²) in [5.74, 6) is -0.103. The number of unbranched alkanes of at least 4 members (excludes halogenated alkanes) is 1. The number of aliphatic carboxylic acids is 1. The fourth-order valence-electron chi connectivity index (χ4n) is 4.00. The number of ether oxygens (including phenoxy) is 2. The molecule has 3 atom stereocenters. The first-order valence-electron chi connectivity index (χ1n) is 12.0. The number of carboxylic acid groups (broad SMARTS) is 1. The highest BCUT2D eigenvalue weighted by Gasteiger charge is 2.57. The molecule has 2 heterocycles. The fraction of sp³-hybridized carbons (Fsp3) is 0.773. The number of carbonyl (C=O) groups excluding carboxylic acids is 4. The van der Waals surface area contributed by atoms with Crippen LogP contribution in [0.15, 0.2) is 0 Å². The number of amides is 4. The van der Waals surface area contributed by atoms with Crippen LogP contribution in [0.2, 0.25) is 0 Å². The van der Waals surface area contributed by atoms with Crippen molar-refractivity contribution in [1.82, 2.24) is 21.3 Å². The van der Waals surface area contributed by atoms with Crippen LogP contribution in [-0.2, 0) is 28.7 Å². The number of thioether (sulfide) groups is 2. The first kappa shape index (κ1) is 30.2. The molecule has 14 heteroatoms. The lowest BCUT2D eigenvalue weighted by molar-refractivity contribution is -0.137. The molecule has 12 nitrogen and oxygen atoms in total. The average molecular weight is 549 g/mol. The summed E-state index contributed by atoms with van der Waals surface area (Å²) in [4.78, 5) is 58.2. The fourth-order valence-corrected chi connectivity index (χ4v) is 6.22. The summed E-state index contributed by atoms with van der Waals surface area (Å²) in [5.41, 5.74) is 0. The number of carboxylic acids is 1. The smallest absolute Gasteiger partial charge is 0.315 e. The molecule has 0 aliphatic carbocycles. The molecule has 0 aromatic carbocycles. The lowest BCUT2D eigenvalue weighted by Gasteiger charge is -2.32. The van der Waals surface area contributed by atoms with Gasteiger partial charge in [-0.2, -0.15) is 0 Å². The van der Waals surface area contributed by atoms with E-state index in [4.69, 9.17) is 14.6 Å². The second-order valence-corrected chi connectivity index (χ2v) is 11.0. The predicted octanol–water partition coefficient (Wildman–Crippen LogP) is 0.102. The van der Waals surface area contributed by atoms with Gasteiger partial charge in [0.15, 0.2) is 5.12 Å². The molecule has 36 heavy (non-hydrogen) atoms. The minimum atomic E-state index is -0.868. The van der Waals surface area contributed by atoms with Crippen molar-refractivity contribution in [1.29, 1.82) is 0 Å². The second-order valence-electron chi connectivity index (χ2n) is 8.42. The van der Waals surface area contributed by atoms with Gasteiger partial charge in [0.2, 0.25) is 11.8 Å². The molecule has 2 aliphatic heterocycles. The molecule has 5 N–H and O–H groups in total. The van der Waals surface area contributed by atoms with Crippen molar-refractivity contribution in [2.75, 3.05) is 51.0 Å². The van der Waals surface area contributed by atoms with Crippen molar-refractivity contribution in [3.63, 3.8) is 0 Å². The molecule has 0 bridgehead atoms. The number of carbonyl (C=O) groups is 5. The van der Waals surface area contributed by atoms with E-state index in [-0.39, 0.29) is 54.5 Å². The maximum Gasteiger partial charge on any atom is 0.315 e. The molecule has 2 fully saturated rings. The summed E-state index contributed by atoms with van der Waals surface area (Å²) in [6, 6.07) is -0.768. The molecule has 0 aromatic heterocycles. The molecule has 2 saturated heterocycles. The van der Waals surface area contributed by atoms with E-state index in [1.807, 2.05) is 0 Å². The standard InChI is InChI=1S/C22H36N4O8S2/c1-15(27)35-13-5-17(28)23-7-9-33-11-12-34-10-8-24-20(31)22(6-3-2-4-18(29)30)19-16(14-36-22)25-21(32)26-19/h16,19H,2-14H2,1H3,(H,23,28)(H,24,31)(H,29,30)(H2,25,26,32)/t16-,19-,22-/m0/s1. The average Bonchev–Trinajstić information content (AvgIpc) is 3.35. The number of hydrogen-bond donors (Lipinski definition) is 5. The number of nitrogens with one attached hydrogen (secondary N) is 4. The Labute approximate surface area is 219 Å². The van der Waals surface area contributed by atoms with Gasteiger partial charge >= 0.3 is 12.0 Å². The van der Waals surface area contributed by atoms with E-state index in [9.17, 15) is 24.0 Å². The molecule has 0 aromatic rings.